The van der Waals surface area contributed by atoms with Crippen LogP contribution >= 0.6 is 0 Å². The van der Waals surface area contributed by atoms with Crippen molar-refractivity contribution in [3.63, 3.8) is 0 Å². The van der Waals surface area contributed by atoms with Crippen molar-refractivity contribution in [1.82, 2.24) is 15.5 Å². The van der Waals surface area contributed by atoms with Gasteiger partial charge < -0.3 is 20.3 Å². The van der Waals surface area contributed by atoms with Crippen molar-refractivity contribution in [3.05, 3.63) is 29.8 Å². The molecule has 0 amide bonds. The molecule has 0 radical (unpaired) electrons. The Morgan fingerprint density at radius 3 is 2.64 bits per heavy atom. The maximum atomic E-state index is 5.38. The third-order valence-corrected chi connectivity index (χ3v) is 4.75. The van der Waals surface area contributed by atoms with Crippen molar-refractivity contribution in [2.45, 2.75) is 45.1 Å². The molecule has 0 atom stereocenters. The lowest BCUT2D eigenvalue weighted by Crippen LogP contribution is -2.37. The van der Waals surface area contributed by atoms with Crippen molar-refractivity contribution in [1.29, 1.82) is 0 Å². The normalized spacial score (nSPS) is 15.8. The predicted molar refractivity (Wildman–Crippen MR) is 105 cm³/mol. The number of piperidine rings is 1. The third-order valence-electron chi connectivity index (χ3n) is 4.75. The average molecular weight is 347 g/mol. The van der Waals surface area contributed by atoms with Crippen molar-refractivity contribution in [2.75, 3.05) is 40.3 Å². The molecule has 0 aromatic heterocycles. The van der Waals surface area contributed by atoms with E-state index in [1.54, 1.807) is 7.11 Å². The molecule has 25 heavy (non-hydrogen) atoms. The van der Waals surface area contributed by atoms with E-state index in [9.17, 15) is 0 Å². The number of guanidine groups is 1. The van der Waals surface area contributed by atoms with E-state index < -0.39 is 0 Å². The Morgan fingerprint density at radius 2 is 1.88 bits per heavy atom. The van der Waals surface area contributed by atoms with Crippen molar-refractivity contribution in [3.8, 4) is 5.75 Å². The fourth-order valence-corrected chi connectivity index (χ4v) is 3.28. The van der Waals surface area contributed by atoms with Gasteiger partial charge in [-0.25, -0.2) is 0 Å². The molecule has 0 bridgehead atoms. The molecular weight excluding hydrogens is 312 g/mol. The quantitative estimate of drug-likeness (QED) is 0.410. The molecule has 1 aromatic carbocycles. The minimum atomic E-state index is 0.707. The van der Waals surface area contributed by atoms with Gasteiger partial charge in [0.1, 0.15) is 5.75 Å². The maximum Gasteiger partial charge on any atom is 0.191 e. The monoisotopic (exact) mass is 346 g/mol. The van der Waals surface area contributed by atoms with E-state index in [-0.39, 0.29) is 0 Å². The third kappa shape index (κ3) is 7.34. The molecule has 140 valence electrons. The number of nitrogens with zero attached hydrogens (tertiary/aromatic N) is 2. The molecule has 1 heterocycles. The average Bonchev–Trinajstić information content (AvgIpc) is 2.68. The zero-order valence-electron chi connectivity index (χ0n) is 15.9. The minimum absolute atomic E-state index is 0.707. The van der Waals surface area contributed by atoms with Crippen molar-refractivity contribution in [2.24, 2.45) is 4.99 Å². The van der Waals surface area contributed by atoms with Crippen LogP contribution in [0.5, 0.6) is 5.75 Å². The van der Waals surface area contributed by atoms with Crippen LogP contribution in [0.1, 0.15) is 44.1 Å². The number of hydrogen-bond acceptors (Lipinski definition) is 3. The number of methoxy groups -OCH3 is 1. The molecule has 1 aliphatic heterocycles. The van der Waals surface area contributed by atoms with E-state index in [1.165, 1.54) is 58.2 Å². The highest BCUT2D eigenvalue weighted by Gasteiger charge is 2.08. The Labute approximate surface area is 152 Å². The smallest absolute Gasteiger partial charge is 0.191 e. The summed E-state index contributed by atoms with van der Waals surface area (Å²) in [7, 11) is 3.52. The van der Waals surface area contributed by atoms with Crippen LogP contribution in [0, 0.1) is 0 Å². The van der Waals surface area contributed by atoms with Gasteiger partial charge in [-0.3, -0.25) is 4.99 Å². The summed E-state index contributed by atoms with van der Waals surface area (Å²) in [6.07, 6.45) is 7.94. The summed E-state index contributed by atoms with van der Waals surface area (Å²) in [6.45, 7) is 5.54. The summed E-state index contributed by atoms with van der Waals surface area (Å²) in [5, 5.41) is 6.75. The number of hydrogen-bond donors (Lipinski definition) is 2. The van der Waals surface area contributed by atoms with E-state index in [2.05, 4.69) is 26.6 Å². The molecule has 2 rings (SSSR count). The van der Waals surface area contributed by atoms with Gasteiger partial charge in [0.05, 0.1) is 7.11 Å². The number of para-hydroxylation sites is 1. The maximum absolute atomic E-state index is 5.38. The number of ether oxygens (including phenoxy) is 1. The van der Waals surface area contributed by atoms with E-state index in [0.717, 1.165) is 23.8 Å². The first kappa shape index (κ1) is 19.6. The van der Waals surface area contributed by atoms with E-state index in [1.807, 2.05) is 25.2 Å². The molecule has 1 fully saturated rings. The molecule has 5 heteroatoms. The minimum Gasteiger partial charge on any atom is -0.496 e. The summed E-state index contributed by atoms with van der Waals surface area (Å²) < 4.78 is 5.38. The highest BCUT2D eigenvalue weighted by Crippen LogP contribution is 2.16. The number of aliphatic imine (C=N–C) groups is 1. The lowest BCUT2D eigenvalue weighted by Gasteiger charge is -2.26. The largest absolute Gasteiger partial charge is 0.496 e. The van der Waals surface area contributed by atoms with Crippen molar-refractivity contribution < 1.29 is 4.74 Å². The van der Waals surface area contributed by atoms with Gasteiger partial charge >= 0.3 is 0 Å². The van der Waals surface area contributed by atoms with Crippen LogP contribution in [-0.2, 0) is 6.54 Å². The summed E-state index contributed by atoms with van der Waals surface area (Å²) in [5.41, 5.74) is 1.13. The van der Waals surface area contributed by atoms with Gasteiger partial charge in [0.25, 0.3) is 0 Å². The number of rotatable bonds is 9. The molecule has 5 nitrogen and oxygen atoms in total. The van der Waals surface area contributed by atoms with E-state index in [0.29, 0.717) is 6.54 Å². The number of benzene rings is 1. The van der Waals surface area contributed by atoms with Gasteiger partial charge in [-0.1, -0.05) is 31.0 Å². The first-order valence-electron chi connectivity index (χ1n) is 9.62. The summed E-state index contributed by atoms with van der Waals surface area (Å²) >= 11 is 0. The molecule has 0 spiro atoms. The van der Waals surface area contributed by atoms with Gasteiger partial charge in [0, 0.05) is 25.7 Å². The van der Waals surface area contributed by atoms with Crippen LogP contribution in [0.15, 0.2) is 29.3 Å². The van der Waals surface area contributed by atoms with Crippen LogP contribution in [0.25, 0.3) is 0 Å². The van der Waals surface area contributed by atoms with E-state index >= 15 is 0 Å². The summed E-state index contributed by atoms with van der Waals surface area (Å²) in [6, 6.07) is 8.06. The second-order valence-corrected chi connectivity index (χ2v) is 6.63. The highest BCUT2D eigenvalue weighted by molar-refractivity contribution is 5.79. The number of nitrogens with one attached hydrogen (secondary N) is 2. The van der Waals surface area contributed by atoms with Gasteiger partial charge in [-0.15, -0.1) is 0 Å². The first-order chi connectivity index (χ1) is 12.3. The zero-order valence-corrected chi connectivity index (χ0v) is 15.9. The van der Waals surface area contributed by atoms with Crippen LogP contribution in [-0.4, -0.2) is 51.2 Å². The predicted octanol–water partition coefficient (Wildman–Crippen LogP) is 3.02. The van der Waals surface area contributed by atoms with E-state index in [4.69, 9.17) is 4.74 Å². The molecular formula is C20H34N4O. The van der Waals surface area contributed by atoms with Crippen LogP contribution in [0.3, 0.4) is 0 Å². The molecule has 0 saturated carbocycles. The fraction of sp³-hybridized carbons (Fsp3) is 0.650. The lowest BCUT2D eigenvalue weighted by atomic mass is 10.1. The second-order valence-electron chi connectivity index (χ2n) is 6.63. The Kier molecular flexibility index (Phi) is 9.19. The topological polar surface area (TPSA) is 48.9 Å². The SMILES string of the molecule is CN=C(NCCCCCN1CCCCC1)NCc1ccccc1OC. The molecule has 2 N–H and O–H groups in total. The van der Waals surface area contributed by atoms with Gasteiger partial charge in [-0.05, 0) is 51.4 Å². The molecule has 1 aliphatic rings. The zero-order chi connectivity index (χ0) is 17.7. The summed E-state index contributed by atoms with van der Waals surface area (Å²) in [5.74, 6) is 1.75. The Hall–Kier alpha value is -1.75. The van der Waals surface area contributed by atoms with Gasteiger partial charge in [0.2, 0.25) is 0 Å². The summed E-state index contributed by atoms with van der Waals surface area (Å²) in [4.78, 5) is 6.91. The number of unbranched alkanes of at least 4 members (excludes halogenated alkanes) is 2. The second kappa shape index (κ2) is 11.7. The Morgan fingerprint density at radius 1 is 1.08 bits per heavy atom. The van der Waals surface area contributed by atoms with Crippen molar-refractivity contribution >= 4 is 5.96 Å². The lowest BCUT2D eigenvalue weighted by molar-refractivity contribution is 0.224. The van der Waals surface area contributed by atoms with Gasteiger partial charge in [-0.2, -0.15) is 0 Å². The van der Waals surface area contributed by atoms with Crippen LogP contribution < -0.4 is 15.4 Å². The fourth-order valence-electron chi connectivity index (χ4n) is 3.28. The molecule has 1 aromatic rings. The standard InChI is InChI=1S/C20H34N4O/c1-21-20(23-17-18-11-5-6-12-19(18)25-2)22-13-7-3-8-14-24-15-9-4-10-16-24/h5-6,11-12H,3-4,7-10,13-17H2,1-2H3,(H2,21,22,23). The molecule has 1 saturated heterocycles. The van der Waals surface area contributed by atoms with Crippen LogP contribution in [0.2, 0.25) is 0 Å². The Balaban J connectivity index is 1.57. The first-order valence-corrected chi connectivity index (χ1v) is 9.62. The molecule has 0 aliphatic carbocycles. The van der Waals surface area contributed by atoms with Crippen LogP contribution in [0.4, 0.5) is 0 Å². The number of likely N-dealkylation sites (tertiary alicyclic amines) is 1. The van der Waals surface area contributed by atoms with Gasteiger partial charge in [0.15, 0.2) is 5.96 Å². The Bertz CT molecular complexity index is 512. The molecule has 0 unspecified atom stereocenters. The highest BCUT2D eigenvalue weighted by atomic mass is 16.5.